The zero-order valence-corrected chi connectivity index (χ0v) is 31.3. The fourth-order valence-corrected chi connectivity index (χ4v) is 8.72. The lowest BCUT2D eigenvalue weighted by molar-refractivity contribution is -0.320. The van der Waals surface area contributed by atoms with Gasteiger partial charge in [0.1, 0.15) is 0 Å². The highest BCUT2D eigenvalue weighted by molar-refractivity contribution is 5.70. The maximum Gasteiger partial charge on any atom is 0.308 e. The highest BCUT2D eigenvalue weighted by Gasteiger charge is 2.51. The van der Waals surface area contributed by atoms with Gasteiger partial charge in [-0.25, -0.2) is 0 Å². The van der Waals surface area contributed by atoms with Crippen LogP contribution in [0.5, 0.6) is 0 Å². The van der Waals surface area contributed by atoms with Crippen LogP contribution >= 0.6 is 0 Å². The normalized spacial score (nSPS) is 31.8. The molecule has 0 amide bonds. The third-order valence-corrected chi connectivity index (χ3v) is 11.2. The second kappa shape index (κ2) is 14.9. The topological polar surface area (TPSA) is 115 Å². The molecule has 4 rings (SSSR count). The van der Waals surface area contributed by atoms with Crippen molar-refractivity contribution in [3.05, 3.63) is 68.8 Å². The van der Waals surface area contributed by atoms with Gasteiger partial charge in [0.2, 0.25) is 0 Å². The number of hydrogen-bond acceptors (Lipinski definition) is 7. The molecule has 0 aromatic heterocycles. The van der Waals surface area contributed by atoms with E-state index in [0.717, 1.165) is 44.5 Å². The van der Waals surface area contributed by atoms with Crippen molar-refractivity contribution in [3.63, 3.8) is 0 Å². The molecule has 2 heterocycles. The summed E-state index contributed by atoms with van der Waals surface area (Å²) in [6, 6.07) is 8.41. The number of carbonyl (C=O) groups is 1. The van der Waals surface area contributed by atoms with Crippen LogP contribution in [-0.4, -0.2) is 57.4 Å². The molecule has 268 valence electrons. The molecule has 2 aromatic carbocycles. The first-order valence-electron chi connectivity index (χ1n) is 17.7. The molecule has 48 heavy (non-hydrogen) atoms. The summed E-state index contributed by atoms with van der Waals surface area (Å²) in [5, 5.41) is 33.1. The van der Waals surface area contributed by atoms with Crippen molar-refractivity contribution in [2.45, 2.75) is 145 Å². The van der Waals surface area contributed by atoms with Crippen molar-refractivity contribution in [3.8, 4) is 0 Å². The van der Waals surface area contributed by atoms with Gasteiger partial charge < -0.3 is 34.3 Å². The van der Waals surface area contributed by atoms with Gasteiger partial charge in [0.05, 0.1) is 42.0 Å². The number of rotatable bonds is 10. The van der Waals surface area contributed by atoms with Gasteiger partial charge in [-0.3, -0.25) is 4.79 Å². The number of carboxylic acid groups (broad SMARTS) is 1. The maximum absolute atomic E-state index is 12.4. The smallest absolute Gasteiger partial charge is 0.308 e. The maximum atomic E-state index is 12.4. The Hall–Kier alpha value is -2.33. The lowest BCUT2D eigenvalue weighted by Gasteiger charge is -2.50. The summed E-state index contributed by atoms with van der Waals surface area (Å²) in [6.07, 6.45) is -3.72. The molecular weight excluding hydrogens is 608 g/mol. The van der Waals surface area contributed by atoms with E-state index in [4.69, 9.17) is 18.9 Å². The third kappa shape index (κ3) is 7.85. The van der Waals surface area contributed by atoms with Gasteiger partial charge in [-0.15, -0.1) is 0 Å². The van der Waals surface area contributed by atoms with Gasteiger partial charge in [0.25, 0.3) is 0 Å². The zero-order valence-electron chi connectivity index (χ0n) is 31.3. The lowest BCUT2D eigenvalue weighted by Crippen LogP contribution is -2.57. The molecule has 0 saturated carbocycles. The van der Waals surface area contributed by atoms with E-state index in [-0.39, 0.29) is 29.8 Å². The number of aliphatic carboxylic acids is 1. The molecular formula is C40H60O8. The molecule has 8 nitrogen and oxygen atoms in total. The number of carboxylic acids is 1. The van der Waals surface area contributed by atoms with Gasteiger partial charge in [0, 0.05) is 28.9 Å². The highest BCUT2D eigenvalue weighted by atomic mass is 16.7. The standard InChI is InChI=1S/C40H60O8/c1-19-14-21(3)31(22(4)15-19)38-45-33(27(9)35(47-38)29(11)37(42)43)25(7)18-40(13,44)36-28(10)34(26(8)30(12)41)46-39(48-36)32-23(5)16-20(2)17-24(32)6/h14-17,25-30,33-36,38-39,41,44H,18H2,1-13H3,(H,42,43)/t25-,26-,27+,28+,29+,30+,33-,34-,35-,36+,38-,39-,40-/m0/s1. The summed E-state index contributed by atoms with van der Waals surface area (Å²) in [6.45, 7) is 25.6. The Morgan fingerprint density at radius 2 is 1.15 bits per heavy atom. The van der Waals surface area contributed by atoms with Crippen LogP contribution in [0.4, 0.5) is 0 Å². The summed E-state index contributed by atoms with van der Waals surface area (Å²) in [5.74, 6) is -2.56. The van der Waals surface area contributed by atoms with Crippen LogP contribution in [0.15, 0.2) is 24.3 Å². The van der Waals surface area contributed by atoms with E-state index in [1.807, 2.05) is 41.5 Å². The van der Waals surface area contributed by atoms with Gasteiger partial charge in [-0.2, -0.15) is 0 Å². The molecule has 2 aromatic rings. The van der Waals surface area contributed by atoms with E-state index in [9.17, 15) is 20.1 Å². The van der Waals surface area contributed by atoms with Gasteiger partial charge >= 0.3 is 5.97 Å². The Morgan fingerprint density at radius 1 is 0.729 bits per heavy atom. The van der Waals surface area contributed by atoms with E-state index in [0.29, 0.717) is 6.42 Å². The predicted molar refractivity (Wildman–Crippen MR) is 187 cm³/mol. The fraction of sp³-hybridized carbons (Fsp3) is 0.675. The number of aliphatic hydroxyl groups is 2. The molecule has 0 aliphatic carbocycles. The second-order valence-electron chi connectivity index (χ2n) is 15.6. The average molecular weight is 669 g/mol. The lowest BCUT2D eigenvalue weighted by atomic mass is 9.73. The van der Waals surface area contributed by atoms with Crippen molar-refractivity contribution in [2.75, 3.05) is 0 Å². The molecule has 0 bridgehead atoms. The van der Waals surface area contributed by atoms with Crippen LogP contribution in [0.1, 0.15) is 112 Å². The van der Waals surface area contributed by atoms with E-state index in [1.54, 1.807) is 13.8 Å². The fourth-order valence-electron chi connectivity index (χ4n) is 8.72. The number of aryl methyl sites for hydroxylation is 6. The molecule has 2 aliphatic rings. The third-order valence-electron chi connectivity index (χ3n) is 11.2. The van der Waals surface area contributed by atoms with Crippen LogP contribution in [0, 0.1) is 71.1 Å². The van der Waals surface area contributed by atoms with Crippen molar-refractivity contribution in [1.82, 2.24) is 0 Å². The monoisotopic (exact) mass is 668 g/mol. The first kappa shape index (κ1) is 38.5. The molecule has 0 radical (unpaired) electrons. The zero-order chi connectivity index (χ0) is 36.0. The molecule has 2 saturated heterocycles. The number of benzene rings is 2. The SMILES string of the molecule is Cc1cc(C)c([C@H]2O[C@@H]([C@@H](C)C[C@](C)(O)[C@@H]3O[C@@H](c4c(C)cc(C)cc4C)O[C@@H]([C@@H](C)[C@@H](C)O)[C@H]3C)[C@@H](C)[C@@H]([C@@H](C)C(=O)O)O2)c(C)c1. The van der Waals surface area contributed by atoms with E-state index < -0.39 is 54.5 Å². The Morgan fingerprint density at radius 3 is 1.58 bits per heavy atom. The van der Waals surface area contributed by atoms with Crippen molar-refractivity contribution in [2.24, 2.45) is 29.6 Å². The van der Waals surface area contributed by atoms with Gasteiger partial charge in [0.15, 0.2) is 12.6 Å². The summed E-state index contributed by atoms with van der Waals surface area (Å²) in [5.41, 5.74) is 7.01. The highest BCUT2D eigenvalue weighted by Crippen LogP contribution is 2.46. The van der Waals surface area contributed by atoms with E-state index in [2.05, 4.69) is 58.9 Å². The minimum atomic E-state index is -1.31. The van der Waals surface area contributed by atoms with Crippen molar-refractivity contribution >= 4 is 5.97 Å². The van der Waals surface area contributed by atoms with Crippen LogP contribution in [0.25, 0.3) is 0 Å². The largest absolute Gasteiger partial charge is 0.481 e. The second-order valence-corrected chi connectivity index (χ2v) is 15.6. The van der Waals surface area contributed by atoms with Gasteiger partial charge in [-0.05, 0) is 96.9 Å². The molecule has 2 fully saturated rings. The van der Waals surface area contributed by atoms with Crippen LogP contribution in [-0.2, 0) is 23.7 Å². The van der Waals surface area contributed by atoms with Crippen LogP contribution in [0.3, 0.4) is 0 Å². The quantitative estimate of drug-likeness (QED) is 0.237. The van der Waals surface area contributed by atoms with Crippen LogP contribution in [0.2, 0.25) is 0 Å². The van der Waals surface area contributed by atoms with Crippen molar-refractivity contribution in [1.29, 1.82) is 0 Å². The summed E-state index contributed by atoms with van der Waals surface area (Å²) in [7, 11) is 0. The molecule has 3 N–H and O–H groups in total. The molecule has 2 aliphatic heterocycles. The Labute approximate surface area is 288 Å². The minimum absolute atomic E-state index is 0.191. The summed E-state index contributed by atoms with van der Waals surface area (Å²) in [4.78, 5) is 12.3. The van der Waals surface area contributed by atoms with E-state index in [1.165, 1.54) is 0 Å². The van der Waals surface area contributed by atoms with Crippen molar-refractivity contribution < 1.29 is 39.1 Å². The van der Waals surface area contributed by atoms with Crippen LogP contribution < -0.4 is 0 Å². The summed E-state index contributed by atoms with van der Waals surface area (Å²) < 4.78 is 26.6. The average Bonchev–Trinajstić information content (AvgIpc) is 2.96. The Balaban J connectivity index is 1.69. The van der Waals surface area contributed by atoms with E-state index >= 15 is 0 Å². The number of ether oxygens (including phenoxy) is 4. The number of hydrogen-bond donors (Lipinski definition) is 3. The molecule has 8 heteroatoms. The molecule has 13 atom stereocenters. The first-order chi connectivity index (χ1) is 22.2. The first-order valence-corrected chi connectivity index (χ1v) is 17.7. The molecule has 0 unspecified atom stereocenters. The molecule has 0 spiro atoms. The number of aliphatic hydroxyl groups excluding tert-OH is 1. The Bertz CT molecular complexity index is 1400. The predicted octanol–water partition coefficient (Wildman–Crippen LogP) is 7.59. The Kier molecular flexibility index (Phi) is 11.9. The minimum Gasteiger partial charge on any atom is -0.481 e. The summed E-state index contributed by atoms with van der Waals surface area (Å²) >= 11 is 0. The van der Waals surface area contributed by atoms with Gasteiger partial charge in [-0.1, -0.05) is 63.1 Å².